The number of imidazole rings is 1. The number of aromatic nitrogens is 3. The molecule has 2 aromatic heterocycles. The summed E-state index contributed by atoms with van der Waals surface area (Å²) in [5, 5.41) is 3.21. The highest BCUT2D eigenvalue weighted by molar-refractivity contribution is 7.22. The summed E-state index contributed by atoms with van der Waals surface area (Å²) >= 11 is 1.34. The molecule has 4 rings (SSSR count). The zero-order chi connectivity index (χ0) is 24.2. The highest BCUT2D eigenvalue weighted by Crippen LogP contribution is 2.29. The van der Waals surface area contributed by atoms with Crippen molar-refractivity contribution in [3.05, 3.63) is 59.4 Å². The van der Waals surface area contributed by atoms with Crippen LogP contribution in [0.5, 0.6) is 5.75 Å². The maximum Gasteiger partial charge on any atom is 0.338 e. The van der Waals surface area contributed by atoms with Gasteiger partial charge in [0, 0.05) is 11.3 Å². The number of esters is 1. The Morgan fingerprint density at radius 2 is 1.85 bits per heavy atom. The molecule has 0 aliphatic carbocycles. The molecule has 2 heterocycles. The van der Waals surface area contributed by atoms with Crippen LogP contribution in [-0.2, 0) is 9.53 Å². The zero-order valence-corrected chi connectivity index (χ0v) is 20.3. The average molecular weight is 479 g/mol. The number of thiazole rings is 1. The van der Waals surface area contributed by atoms with Gasteiger partial charge in [0.15, 0.2) is 11.2 Å². The van der Waals surface area contributed by atoms with Crippen molar-refractivity contribution in [3.8, 4) is 17.1 Å². The van der Waals surface area contributed by atoms with E-state index in [1.54, 1.807) is 31.2 Å². The van der Waals surface area contributed by atoms with Crippen LogP contribution in [0.2, 0.25) is 0 Å². The van der Waals surface area contributed by atoms with E-state index in [-0.39, 0.29) is 0 Å². The molecule has 1 unspecified atom stereocenters. The summed E-state index contributed by atoms with van der Waals surface area (Å²) in [6.45, 7) is 8.17. The second kappa shape index (κ2) is 10.0. The van der Waals surface area contributed by atoms with Crippen LogP contribution in [0.4, 0.5) is 5.13 Å². The lowest BCUT2D eigenvalue weighted by molar-refractivity contribution is -0.124. The molecule has 0 aliphatic heterocycles. The Bertz CT molecular complexity index is 1310. The van der Waals surface area contributed by atoms with Crippen LogP contribution in [-0.4, -0.2) is 39.5 Å². The van der Waals surface area contributed by atoms with E-state index in [1.807, 2.05) is 39.0 Å². The second-order valence-electron chi connectivity index (χ2n) is 7.75. The first-order valence-electron chi connectivity index (χ1n) is 11.1. The molecule has 1 amide bonds. The second-order valence-corrected chi connectivity index (χ2v) is 8.78. The molecule has 9 heteroatoms. The lowest BCUT2D eigenvalue weighted by Gasteiger charge is -2.15. The average Bonchev–Trinajstić information content (AvgIpc) is 3.39. The van der Waals surface area contributed by atoms with E-state index < -0.39 is 18.0 Å². The molecule has 1 atom stereocenters. The summed E-state index contributed by atoms with van der Waals surface area (Å²) in [7, 11) is 0. The number of amides is 1. The van der Waals surface area contributed by atoms with Crippen LogP contribution >= 0.6 is 11.3 Å². The van der Waals surface area contributed by atoms with Gasteiger partial charge in [-0.25, -0.2) is 14.8 Å². The number of hydrogen-bond acceptors (Lipinski definition) is 7. The number of H-pyrrole nitrogens is 1. The number of rotatable bonds is 8. The first-order chi connectivity index (χ1) is 16.4. The Balaban J connectivity index is 1.41. The molecule has 0 saturated heterocycles. The molecule has 4 aromatic rings. The van der Waals surface area contributed by atoms with Gasteiger partial charge in [-0.15, -0.1) is 0 Å². The molecule has 2 N–H and O–H groups in total. The first-order valence-corrected chi connectivity index (χ1v) is 11.9. The number of nitrogens with zero attached hydrogens (tertiary/aromatic N) is 2. The van der Waals surface area contributed by atoms with E-state index in [4.69, 9.17) is 9.47 Å². The van der Waals surface area contributed by atoms with Gasteiger partial charge in [0.05, 0.1) is 28.1 Å². The van der Waals surface area contributed by atoms with Gasteiger partial charge in [-0.05, 0) is 57.5 Å². The fourth-order valence-electron chi connectivity index (χ4n) is 3.37. The van der Waals surface area contributed by atoms with Crippen molar-refractivity contribution in [2.24, 2.45) is 0 Å². The number of fused-ring (bicyclic) bond motifs is 1. The number of aryl methyl sites for hydroxylation is 2. The Morgan fingerprint density at radius 1 is 1.09 bits per heavy atom. The van der Waals surface area contributed by atoms with Crippen LogP contribution in [0.1, 0.15) is 42.0 Å². The Hall–Kier alpha value is -3.72. The third-order valence-corrected chi connectivity index (χ3v) is 6.27. The molecular formula is C25H26N4O4S. The molecule has 8 nitrogen and oxygen atoms in total. The van der Waals surface area contributed by atoms with E-state index in [9.17, 15) is 9.59 Å². The summed E-state index contributed by atoms with van der Waals surface area (Å²) in [6.07, 6.45) is -0.603. The lowest BCUT2D eigenvalue weighted by atomic mass is 10.1. The number of carbonyl (C=O) groups excluding carboxylic acids is 2. The molecule has 0 radical (unpaired) electrons. The monoisotopic (exact) mass is 478 g/mol. The fraction of sp³-hybridized carbons (Fsp3) is 0.280. The summed E-state index contributed by atoms with van der Waals surface area (Å²) in [4.78, 5) is 37.6. The molecule has 0 aliphatic rings. The van der Waals surface area contributed by atoms with E-state index >= 15 is 0 Å². The number of ether oxygens (including phenoxy) is 2. The number of carbonyl (C=O) groups is 2. The highest BCUT2D eigenvalue weighted by atomic mass is 32.1. The molecule has 2 aromatic carbocycles. The minimum absolute atomic E-state index is 0.333. The summed E-state index contributed by atoms with van der Waals surface area (Å²) in [6, 6.07) is 12.5. The molecule has 0 saturated carbocycles. The van der Waals surface area contributed by atoms with Crippen LogP contribution in [0.15, 0.2) is 42.5 Å². The Labute approximate surface area is 201 Å². The van der Waals surface area contributed by atoms with Crippen LogP contribution in [0, 0.1) is 13.8 Å². The maximum atomic E-state index is 12.8. The smallest absolute Gasteiger partial charge is 0.338 e. The molecule has 176 valence electrons. The van der Waals surface area contributed by atoms with Crippen molar-refractivity contribution < 1.29 is 19.1 Å². The van der Waals surface area contributed by atoms with Crippen molar-refractivity contribution in [1.82, 2.24) is 15.0 Å². The van der Waals surface area contributed by atoms with Gasteiger partial charge < -0.3 is 14.5 Å². The quantitative estimate of drug-likeness (QED) is 0.334. The molecule has 0 spiro atoms. The van der Waals surface area contributed by atoms with Gasteiger partial charge in [-0.1, -0.05) is 30.4 Å². The van der Waals surface area contributed by atoms with Crippen molar-refractivity contribution in [1.29, 1.82) is 0 Å². The number of aromatic amines is 1. The largest absolute Gasteiger partial charge is 0.494 e. The third kappa shape index (κ3) is 5.09. The van der Waals surface area contributed by atoms with Gasteiger partial charge in [0.1, 0.15) is 11.6 Å². The zero-order valence-electron chi connectivity index (χ0n) is 19.5. The highest BCUT2D eigenvalue weighted by Gasteiger charge is 2.23. The molecule has 0 bridgehead atoms. The minimum Gasteiger partial charge on any atom is -0.494 e. The molecular weight excluding hydrogens is 452 g/mol. The third-order valence-electron chi connectivity index (χ3n) is 5.34. The normalized spacial score (nSPS) is 11.9. The number of nitrogens with one attached hydrogen (secondary N) is 2. The summed E-state index contributed by atoms with van der Waals surface area (Å²) in [5.41, 5.74) is 3.91. The van der Waals surface area contributed by atoms with Crippen LogP contribution in [0.25, 0.3) is 21.6 Å². The van der Waals surface area contributed by atoms with Crippen molar-refractivity contribution >= 4 is 38.6 Å². The van der Waals surface area contributed by atoms with Crippen molar-refractivity contribution in [2.45, 2.75) is 40.2 Å². The van der Waals surface area contributed by atoms with E-state index in [0.29, 0.717) is 23.7 Å². The summed E-state index contributed by atoms with van der Waals surface area (Å²) in [5.74, 6) is 0.509. The van der Waals surface area contributed by atoms with Crippen LogP contribution < -0.4 is 10.1 Å². The number of benzene rings is 2. The Kier molecular flexibility index (Phi) is 6.93. The predicted octanol–water partition coefficient (Wildman–Crippen LogP) is 5.28. The van der Waals surface area contributed by atoms with E-state index in [0.717, 1.165) is 38.7 Å². The standard InChI is InChI=1S/C25H26N4O4S/c1-5-20(23(30)29-25-28-19-12-11-18(32-6-2)13-21(19)34-25)33-24(31)17-9-7-16(8-10-17)22-26-14(3)15(4)27-22/h7-13,20H,5-6H2,1-4H3,(H,26,27)(H,28,29,30). The predicted molar refractivity (Wildman–Crippen MR) is 132 cm³/mol. The van der Waals surface area contributed by atoms with Gasteiger partial charge in [0.25, 0.3) is 5.91 Å². The SMILES string of the molecule is CCOc1ccc2nc(NC(=O)C(CC)OC(=O)c3ccc(-c4nc(C)c(C)[nH]4)cc3)sc2c1. The van der Waals surface area contributed by atoms with E-state index in [1.165, 1.54) is 11.3 Å². The maximum absolute atomic E-state index is 12.8. The van der Waals surface area contributed by atoms with Gasteiger partial charge in [-0.2, -0.15) is 0 Å². The van der Waals surface area contributed by atoms with Crippen molar-refractivity contribution in [3.63, 3.8) is 0 Å². The van der Waals surface area contributed by atoms with Crippen LogP contribution in [0.3, 0.4) is 0 Å². The van der Waals surface area contributed by atoms with E-state index in [2.05, 4.69) is 20.3 Å². The fourth-order valence-corrected chi connectivity index (χ4v) is 4.27. The first kappa shape index (κ1) is 23.4. The van der Waals surface area contributed by atoms with Gasteiger partial charge >= 0.3 is 5.97 Å². The van der Waals surface area contributed by atoms with Gasteiger partial charge in [-0.3, -0.25) is 10.1 Å². The van der Waals surface area contributed by atoms with Gasteiger partial charge in [0.2, 0.25) is 0 Å². The molecule has 0 fully saturated rings. The van der Waals surface area contributed by atoms with Crippen molar-refractivity contribution in [2.75, 3.05) is 11.9 Å². The Morgan fingerprint density at radius 3 is 2.50 bits per heavy atom. The minimum atomic E-state index is -0.937. The topological polar surface area (TPSA) is 106 Å². The molecule has 34 heavy (non-hydrogen) atoms. The lowest BCUT2D eigenvalue weighted by Crippen LogP contribution is -2.32. The number of anilines is 1. The number of hydrogen-bond donors (Lipinski definition) is 2. The summed E-state index contributed by atoms with van der Waals surface area (Å²) < 4.78 is 11.9.